The molecule has 18 heavy (non-hydrogen) atoms. The lowest BCUT2D eigenvalue weighted by atomic mass is 10.1. The highest BCUT2D eigenvalue weighted by Crippen LogP contribution is 2.22. The van der Waals surface area contributed by atoms with E-state index in [1.807, 2.05) is 56.3 Å². The number of hydrogen-bond acceptors (Lipinski definition) is 3. The van der Waals surface area contributed by atoms with Gasteiger partial charge in [0.2, 0.25) is 0 Å². The predicted molar refractivity (Wildman–Crippen MR) is 70.5 cm³/mol. The Kier molecular flexibility index (Phi) is 3.95. The van der Waals surface area contributed by atoms with Crippen molar-refractivity contribution in [2.75, 3.05) is 0 Å². The largest absolute Gasteiger partial charge is 0.491 e. The Balaban J connectivity index is 2.14. The van der Waals surface area contributed by atoms with Crippen molar-refractivity contribution in [3.05, 3.63) is 59.9 Å². The molecule has 1 aromatic carbocycles. The summed E-state index contributed by atoms with van der Waals surface area (Å²) in [7, 11) is 0. The zero-order valence-electron chi connectivity index (χ0n) is 10.6. The average Bonchev–Trinajstić information content (AvgIpc) is 2.39. The van der Waals surface area contributed by atoms with E-state index in [2.05, 4.69) is 4.98 Å². The van der Waals surface area contributed by atoms with Crippen LogP contribution < -0.4 is 4.74 Å². The quantitative estimate of drug-likeness (QED) is 0.897. The molecule has 94 valence electrons. The Morgan fingerprint density at radius 3 is 2.33 bits per heavy atom. The Morgan fingerprint density at radius 2 is 1.78 bits per heavy atom. The number of ether oxygens (including phenoxy) is 1. The fourth-order valence-electron chi connectivity index (χ4n) is 1.71. The van der Waals surface area contributed by atoms with Crippen molar-refractivity contribution in [1.29, 1.82) is 0 Å². The molecule has 0 saturated carbocycles. The minimum atomic E-state index is -0.695. The topological polar surface area (TPSA) is 42.4 Å². The van der Waals surface area contributed by atoms with Crippen LogP contribution in [-0.4, -0.2) is 16.2 Å². The lowest BCUT2D eigenvalue weighted by Gasteiger charge is -2.13. The SMILES string of the molecule is CC(C)Oc1ccc(C(O)c2ccccn2)cc1. The third kappa shape index (κ3) is 3.08. The maximum atomic E-state index is 10.2. The number of benzene rings is 1. The molecular formula is C15H17NO2. The summed E-state index contributed by atoms with van der Waals surface area (Å²) in [6.07, 6.45) is 1.13. The molecule has 3 nitrogen and oxygen atoms in total. The Bertz CT molecular complexity index is 480. The highest BCUT2D eigenvalue weighted by atomic mass is 16.5. The second-order valence-corrected chi connectivity index (χ2v) is 4.39. The van der Waals surface area contributed by atoms with Gasteiger partial charge in [-0.1, -0.05) is 18.2 Å². The predicted octanol–water partition coefficient (Wildman–Crippen LogP) is 2.95. The first-order chi connectivity index (χ1) is 8.66. The van der Waals surface area contributed by atoms with Crippen molar-refractivity contribution < 1.29 is 9.84 Å². The number of nitrogens with zero attached hydrogens (tertiary/aromatic N) is 1. The maximum absolute atomic E-state index is 10.2. The van der Waals surface area contributed by atoms with Crippen LogP contribution in [0.3, 0.4) is 0 Å². The van der Waals surface area contributed by atoms with Crippen molar-refractivity contribution in [3.8, 4) is 5.75 Å². The molecule has 3 heteroatoms. The molecule has 0 bridgehead atoms. The van der Waals surface area contributed by atoms with Gasteiger partial charge in [0.15, 0.2) is 0 Å². The minimum absolute atomic E-state index is 0.150. The van der Waals surface area contributed by atoms with Crippen LogP contribution in [0, 0.1) is 0 Å². The molecule has 0 radical (unpaired) electrons. The Morgan fingerprint density at radius 1 is 1.06 bits per heavy atom. The van der Waals surface area contributed by atoms with Crippen molar-refractivity contribution in [1.82, 2.24) is 4.98 Å². The van der Waals surface area contributed by atoms with Crippen LogP contribution in [-0.2, 0) is 0 Å². The van der Waals surface area contributed by atoms with E-state index >= 15 is 0 Å². The lowest BCUT2D eigenvalue weighted by molar-refractivity contribution is 0.214. The molecule has 0 aliphatic heterocycles. The van der Waals surface area contributed by atoms with Gasteiger partial charge in [0.05, 0.1) is 11.8 Å². The van der Waals surface area contributed by atoms with Crippen LogP contribution in [0.2, 0.25) is 0 Å². The van der Waals surface area contributed by atoms with Gasteiger partial charge in [0.1, 0.15) is 11.9 Å². The number of aliphatic hydroxyl groups excluding tert-OH is 1. The molecule has 1 atom stereocenters. The van der Waals surface area contributed by atoms with E-state index in [0.717, 1.165) is 11.3 Å². The van der Waals surface area contributed by atoms with Crippen LogP contribution in [0.5, 0.6) is 5.75 Å². The Labute approximate surface area is 107 Å². The van der Waals surface area contributed by atoms with Gasteiger partial charge in [-0.2, -0.15) is 0 Å². The maximum Gasteiger partial charge on any atom is 0.121 e. The Hall–Kier alpha value is -1.87. The van der Waals surface area contributed by atoms with E-state index < -0.39 is 6.10 Å². The van der Waals surface area contributed by atoms with Gasteiger partial charge >= 0.3 is 0 Å². The monoisotopic (exact) mass is 243 g/mol. The van der Waals surface area contributed by atoms with Crippen LogP contribution in [0.1, 0.15) is 31.2 Å². The number of aliphatic hydroxyl groups is 1. The molecule has 0 fully saturated rings. The second-order valence-electron chi connectivity index (χ2n) is 4.39. The summed E-state index contributed by atoms with van der Waals surface area (Å²) in [5.41, 5.74) is 1.46. The van der Waals surface area contributed by atoms with Gasteiger partial charge in [-0.25, -0.2) is 0 Å². The summed E-state index contributed by atoms with van der Waals surface area (Å²) in [6, 6.07) is 12.9. The third-order valence-corrected chi connectivity index (χ3v) is 2.54. The summed E-state index contributed by atoms with van der Waals surface area (Å²) in [5.74, 6) is 0.807. The van der Waals surface area contributed by atoms with Gasteiger partial charge in [-0.3, -0.25) is 4.98 Å². The lowest BCUT2D eigenvalue weighted by Crippen LogP contribution is -2.06. The van der Waals surface area contributed by atoms with Crippen LogP contribution in [0.4, 0.5) is 0 Å². The smallest absolute Gasteiger partial charge is 0.121 e. The number of rotatable bonds is 4. The fraction of sp³-hybridized carbons (Fsp3) is 0.267. The van der Waals surface area contributed by atoms with Crippen LogP contribution in [0.25, 0.3) is 0 Å². The molecule has 2 aromatic rings. The van der Waals surface area contributed by atoms with E-state index in [4.69, 9.17) is 4.74 Å². The van der Waals surface area contributed by atoms with Crippen molar-refractivity contribution >= 4 is 0 Å². The summed E-state index contributed by atoms with van der Waals surface area (Å²) >= 11 is 0. The molecule has 0 spiro atoms. The van der Waals surface area contributed by atoms with Crippen LogP contribution >= 0.6 is 0 Å². The first kappa shape index (κ1) is 12.6. The average molecular weight is 243 g/mol. The number of aromatic nitrogens is 1. The minimum Gasteiger partial charge on any atom is -0.491 e. The standard InChI is InChI=1S/C15H17NO2/c1-11(2)18-13-8-6-12(7-9-13)15(17)14-5-3-4-10-16-14/h3-11,15,17H,1-2H3. The number of pyridine rings is 1. The third-order valence-electron chi connectivity index (χ3n) is 2.54. The summed E-state index contributed by atoms with van der Waals surface area (Å²) in [4.78, 5) is 4.14. The van der Waals surface area contributed by atoms with Gasteiger partial charge in [0.25, 0.3) is 0 Å². The van der Waals surface area contributed by atoms with Crippen molar-refractivity contribution in [3.63, 3.8) is 0 Å². The molecule has 1 aromatic heterocycles. The summed E-state index contributed by atoms with van der Waals surface area (Å²) < 4.78 is 5.56. The highest BCUT2D eigenvalue weighted by molar-refractivity contribution is 5.32. The van der Waals surface area contributed by atoms with E-state index in [1.165, 1.54) is 0 Å². The van der Waals surface area contributed by atoms with Gasteiger partial charge in [-0.15, -0.1) is 0 Å². The number of hydrogen-bond donors (Lipinski definition) is 1. The molecule has 0 saturated heterocycles. The molecule has 1 heterocycles. The van der Waals surface area contributed by atoms with Crippen LogP contribution in [0.15, 0.2) is 48.7 Å². The van der Waals surface area contributed by atoms with Gasteiger partial charge < -0.3 is 9.84 Å². The first-order valence-electron chi connectivity index (χ1n) is 6.02. The van der Waals surface area contributed by atoms with Gasteiger partial charge in [-0.05, 0) is 43.7 Å². The molecule has 0 amide bonds. The van der Waals surface area contributed by atoms with Gasteiger partial charge in [0, 0.05) is 6.20 Å². The molecule has 2 rings (SSSR count). The molecule has 1 N–H and O–H groups in total. The highest BCUT2D eigenvalue weighted by Gasteiger charge is 2.11. The summed E-state index contributed by atoms with van der Waals surface area (Å²) in [6.45, 7) is 3.97. The van der Waals surface area contributed by atoms with E-state index in [-0.39, 0.29) is 6.10 Å². The van der Waals surface area contributed by atoms with E-state index in [1.54, 1.807) is 6.20 Å². The van der Waals surface area contributed by atoms with Crippen molar-refractivity contribution in [2.24, 2.45) is 0 Å². The first-order valence-corrected chi connectivity index (χ1v) is 6.02. The fourth-order valence-corrected chi connectivity index (χ4v) is 1.71. The van der Waals surface area contributed by atoms with E-state index in [0.29, 0.717) is 5.69 Å². The zero-order valence-corrected chi connectivity index (χ0v) is 10.6. The molecule has 1 unspecified atom stereocenters. The molecule has 0 aliphatic carbocycles. The normalized spacial score (nSPS) is 12.4. The second kappa shape index (κ2) is 5.65. The van der Waals surface area contributed by atoms with Crippen molar-refractivity contribution in [2.45, 2.75) is 26.1 Å². The zero-order chi connectivity index (χ0) is 13.0. The molecular weight excluding hydrogens is 226 g/mol. The molecule has 0 aliphatic rings. The summed E-state index contributed by atoms with van der Waals surface area (Å²) in [5, 5.41) is 10.2. The van der Waals surface area contributed by atoms with E-state index in [9.17, 15) is 5.11 Å².